The highest BCUT2D eigenvalue weighted by Crippen LogP contribution is 2.23. The Bertz CT molecular complexity index is 1290. The van der Waals surface area contributed by atoms with E-state index in [0.717, 1.165) is 30.5 Å². The largest absolute Gasteiger partial charge is 0.341 e. The number of piperidine rings is 1. The van der Waals surface area contributed by atoms with Crippen molar-refractivity contribution in [2.75, 3.05) is 18.0 Å². The van der Waals surface area contributed by atoms with E-state index in [1.54, 1.807) is 11.6 Å². The Morgan fingerprint density at radius 1 is 1.18 bits per heavy atom. The summed E-state index contributed by atoms with van der Waals surface area (Å²) in [4.78, 5) is 33.4. The maximum atomic E-state index is 13.3. The Balaban J connectivity index is 1.86. The summed E-state index contributed by atoms with van der Waals surface area (Å²) in [7, 11) is 1.54. The fourth-order valence-electron chi connectivity index (χ4n) is 4.42. The number of aromatic nitrogens is 4. The van der Waals surface area contributed by atoms with Gasteiger partial charge >= 0.3 is 5.69 Å². The fourth-order valence-corrected chi connectivity index (χ4v) is 4.42. The monoisotopic (exact) mass is 450 g/mol. The van der Waals surface area contributed by atoms with Gasteiger partial charge in [0.05, 0.1) is 0 Å². The average Bonchev–Trinajstić information content (AvgIpc) is 3.16. The highest BCUT2D eigenvalue weighted by Gasteiger charge is 2.26. The summed E-state index contributed by atoms with van der Waals surface area (Å²) in [5, 5.41) is 0. The van der Waals surface area contributed by atoms with Crippen LogP contribution < -0.4 is 21.9 Å². The van der Waals surface area contributed by atoms with Crippen LogP contribution in [0.1, 0.15) is 37.8 Å². The SMILES string of the molecule is CC(C)=CCn1c(N2CCCC(N)C2)nc2c1c(=O)n(C)c(=O)n2CCc1ccc(C)cc1. The molecule has 8 nitrogen and oxygen atoms in total. The van der Waals surface area contributed by atoms with Crippen LogP contribution in [0.2, 0.25) is 0 Å². The van der Waals surface area contributed by atoms with E-state index in [-0.39, 0.29) is 17.3 Å². The number of nitrogens with zero attached hydrogens (tertiary/aromatic N) is 5. The molecule has 8 heteroatoms. The summed E-state index contributed by atoms with van der Waals surface area (Å²) >= 11 is 0. The molecule has 2 N–H and O–H groups in total. The molecule has 1 saturated heterocycles. The maximum Gasteiger partial charge on any atom is 0.332 e. The molecule has 1 aliphatic rings. The minimum Gasteiger partial charge on any atom is -0.341 e. The van der Waals surface area contributed by atoms with Gasteiger partial charge in [-0.1, -0.05) is 41.5 Å². The summed E-state index contributed by atoms with van der Waals surface area (Å²) in [6.07, 6.45) is 4.72. The molecule has 0 amide bonds. The van der Waals surface area contributed by atoms with Gasteiger partial charge in [0.1, 0.15) is 0 Å². The maximum absolute atomic E-state index is 13.3. The predicted octanol–water partition coefficient (Wildman–Crippen LogP) is 2.34. The highest BCUT2D eigenvalue weighted by atomic mass is 16.2. The number of allylic oxidation sites excluding steroid dienone is 2. The Labute approximate surface area is 194 Å². The third-order valence-corrected chi connectivity index (χ3v) is 6.38. The topological polar surface area (TPSA) is 91.1 Å². The van der Waals surface area contributed by atoms with Crippen LogP contribution in [0.25, 0.3) is 11.2 Å². The van der Waals surface area contributed by atoms with Crippen molar-refractivity contribution in [3.63, 3.8) is 0 Å². The van der Waals surface area contributed by atoms with Gasteiger partial charge in [-0.2, -0.15) is 4.98 Å². The summed E-state index contributed by atoms with van der Waals surface area (Å²) in [6, 6.07) is 8.36. The van der Waals surface area contributed by atoms with E-state index < -0.39 is 0 Å². The van der Waals surface area contributed by atoms with Gasteiger partial charge in [0, 0.05) is 39.3 Å². The third-order valence-electron chi connectivity index (χ3n) is 6.38. The first-order chi connectivity index (χ1) is 15.8. The molecule has 3 aromatic rings. The summed E-state index contributed by atoms with van der Waals surface area (Å²) in [6.45, 7) is 8.61. The minimum absolute atomic E-state index is 0.0713. The number of fused-ring (bicyclic) bond motifs is 1. The highest BCUT2D eigenvalue weighted by molar-refractivity contribution is 5.75. The van der Waals surface area contributed by atoms with E-state index in [2.05, 4.69) is 42.2 Å². The lowest BCUT2D eigenvalue weighted by molar-refractivity contribution is 0.495. The molecule has 33 heavy (non-hydrogen) atoms. The lowest BCUT2D eigenvalue weighted by Crippen LogP contribution is -2.44. The van der Waals surface area contributed by atoms with E-state index in [1.807, 2.05) is 18.4 Å². The average molecular weight is 451 g/mol. The van der Waals surface area contributed by atoms with Crippen molar-refractivity contribution in [2.45, 2.75) is 59.2 Å². The van der Waals surface area contributed by atoms with Gasteiger partial charge in [0.25, 0.3) is 5.56 Å². The van der Waals surface area contributed by atoms with Crippen molar-refractivity contribution in [3.05, 3.63) is 67.9 Å². The Kier molecular flexibility index (Phi) is 6.56. The second-order valence-electron chi connectivity index (χ2n) is 9.36. The van der Waals surface area contributed by atoms with Gasteiger partial charge in [-0.3, -0.25) is 13.9 Å². The van der Waals surface area contributed by atoms with Crippen molar-refractivity contribution in [1.29, 1.82) is 0 Å². The van der Waals surface area contributed by atoms with E-state index >= 15 is 0 Å². The second-order valence-corrected chi connectivity index (χ2v) is 9.36. The number of hydrogen-bond donors (Lipinski definition) is 1. The Morgan fingerprint density at radius 3 is 2.58 bits per heavy atom. The lowest BCUT2D eigenvalue weighted by atomic mass is 10.1. The zero-order valence-corrected chi connectivity index (χ0v) is 20.0. The quantitative estimate of drug-likeness (QED) is 0.582. The molecule has 0 aliphatic carbocycles. The van der Waals surface area contributed by atoms with Crippen LogP contribution in [0.3, 0.4) is 0 Å². The molecule has 0 radical (unpaired) electrons. The molecule has 1 atom stereocenters. The summed E-state index contributed by atoms with van der Waals surface area (Å²) in [5.41, 5.74) is 10.0. The van der Waals surface area contributed by atoms with E-state index in [9.17, 15) is 9.59 Å². The van der Waals surface area contributed by atoms with E-state index in [0.29, 0.717) is 43.2 Å². The molecular weight excluding hydrogens is 416 g/mol. The molecule has 3 heterocycles. The molecule has 1 aliphatic heterocycles. The molecule has 2 aromatic heterocycles. The van der Waals surface area contributed by atoms with Gasteiger partial charge in [-0.15, -0.1) is 0 Å². The van der Waals surface area contributed by atoms with Gasteiger partial charge in [-0.05, 0) is 45.6 Å². The number of imidazole rings is 1. The van der Waals surface area contributed by atoms with Crippen LogP contribution >= 0.6 is 0 Å². The Morgan fingerprint density at radius 2 is 1.91 bits per heavy atom. The number of anilines is 1. The van der Waals surface area contributed by atoms with Crippen LogP contribution in [0.4, 0.5) is 5.95 Å². The lowest BCUT2D eigenvalue weighted by Gasteiger charge is -2.31. The Hall–Kier alpha value is -3.13. The van der Waals surface area contributed by atoms with Crippen LogP contribution in [-0.2, 0) is 26.6 Å². The second kappa shape index (κ2) is 9.39. The number of benzene rings is 1. The van der Waals surface area contributed by atoms with Crippen molar-refractivity contribution in [1.82, 2.24) is 18.7 Å². The first-order valence-electron chi connectivity index (χ1n) is 11.7. The fraction of sp³-hybridized carbons (Fsp3) is 0.480. The molecule has 1 unspecified atom stereocenters. The first kappa shape index (κ1) is 23.0. The zero-order chi connectivity index (χ0) is 23.7. The van der Waals surface area contributed by atoms with Crippen molar-refractivity contribution < 1.29 is 0 Å². The van der Waals surface area contributed by atoms with E-state index in [4.69, 9.17) is 10.7 Å². The number of rotatable bonds is 6. The number of nitrogens with two attached hydrogens (primary N) is 1. The molecule has 0 spiro atoms. The molecule has 4 rings (SSSR count). The zero-order valence-electron chi connectivity index (χ0n) is 20.0. The van der Waals surface area contributed by atoms with Crippen LogP contribution in [-0.4, -0.2) is 37.8 Å². The molecule has 0 saturated carbocycles. The number of hydrogen-bond acceptors (Lipinski definition) is 5. The standard InChI is InChI=1S/C25H34N6O2/c1-17(2)11-14-30-21-22(27-24(30)29-13-5-6-20(26)16-29)31(25(33)28(4)23(21)32)15-12-19-9-7-18(3)8-10-19/h7-11,20H,5-6,12-16,26H2,1-4H3. The van der Waals surface area contributed by atoms with Gasteiger partial charge < -0.3 is 15.2 Å². The van der Waals surface area contributed by atoms with Crippen LogP contribution in [0.15, 0.2) is 45.5 Å². The third kappa shape index (κ3) is 4.66. The van der Waals surface area contributed by atoms with E-state index in [1.165, 1.54) is 10.1 Å². The molecular formula is C25H34N6O2. The number of aryl methyl sites for hydroxylation is 3. The van der Waals surface area contributed by atoms with Crippen molar-refractivity contribution in [3.8, 4) is 0 Å². The predicted molar refractivity (Wildman–Crippen MR) is 133 cm³/mol. The molecule has 176 valence electrons. The molecule has 1 fully saturated rings. The normalized spacial score (nSPS) is 16.4. The van der Waals surface area contributed by atoms with Crippen molar-refractivity contribution >= 4 is 17.1 Å². The van der Waals surface area contributed by atoms with Crippen molar-refractivity contribution in [2.24, 2.45) is 12.8 Å². The molecule has 1 aromatic carbocycles. The van der Waals surface area contributed by atoms with Gasteiger partial charge in [0.15, 0.2) is 11.2 Å². The molecule has 0 bridgehead atoms. The smallest absolute Gasteiger partial charge is 0.332 e. The van der Waals surface area contributed by atoms with Gasteiger partial charge in [-0.25, -0.2) is 4.79 Å². The summed E-state index contributed by atoms with van der Waals surface area (Å²) in [5.74, 6) is 0.712. The van der Waals surface area contributed by atoms with Crippen LogP contribution in [0.5, 0.6) is 0 Å². The first-order valence-corrected chi connectivity index (χ1v) is 11.7. The minimum atomic E-state index is -0.339. The van der Waals surface area contributed by atoms with Crippen LogP contribution in [0, 0.1) is 6.92 Å². The summed E-state index contributed by atoms with van der Waals surface area (Å²) < 4.78 is 4.79. The van der Waals surface area contributed by atoms with Gasteiger partial charge in [0.2, 0.25) is 5.95 Å².